The van der Waals surface area contributed by atoms with Crippen molar-refractivity contribution in [1.29, 1.82) is 5.26 Å². The Morgan fingerprint density at radius 1 is 1.48 bits per heavy atom. The van der Waals surface area contributed by atoms with Crippen molar-refractivity contribution in [2.24, 2.45) is 5.73 Å². The van der Waals surface area contributed by atoms with E-state index in [-0.39, 0.29) is 0 Å². The third-order valence-corrected chi connectivity index (χ3v) is 3.61. The minimum absolute atomic E-state index is 0.423. The molecule has 108 valence electrons. The van der Waals surface area contributed by atoms with E-state index < -0.39 is 11.8 Å². The van der Waals surface area contributed by atoms with Crippen LogP contribution in [0.3, 0.4) is 0 Å². The molecule has 1 amide bonds. The highest BCUT2D eigenvalue weighted by Crippen LogP contribution is 2.29. The molecule has 0 radical (unpaired) electrons. The van der Waals surface area contributed by atoms with Gasteiger partial charge in [-0.25, -0.2) is 0 Å². The second-order valence-corrected chi connectivity index (χ2v) is 5.31. The fraction of sp³-hybridized carbons (Fsp3) is 0.250. The molecule has 0 fully saturated rings. The molecule has 2 rings (SSSR count). The molecule has 1 atom stereocenters. The molecule has 21 heavy (non-hydrogen) atoms. The summed E-state index contributed by atoms with van der Waals surface area (Å²) in [5, 5.41) is 9.90. The predicted molar refractivity (Wildman–Crippen MR) is 82.8 cm³/mol. The van der Waals surface area contributed by atoms with Crippen LogP contribution in [0.5, 0.6) is 0 Å². The van der Waals surface area contributed by atoms with Gasteiger partial charge in [-0.15, -0.1) is 0 Å². The molecule has 3 N–H and O–H groups in total. The molecule has 0 aliphatic carbocycles. The molecule has 1 aromatic heterocycles. The van der Waals surface area contributed by atoms with E-state index in [9.17, 15) is 10.1 Å². The van der Waals surface area contributed by atoms with Crippen molar-refractivity contribution in [3.8, 4) is 17.3 Å². The van der Waals surface area contributed by atoms with Crippen LogP contribution in [0.15, 0.2) is 30.3 Å². The Hall–Kier alpha value is -2.25. The smallest absolute Gasteiger partial charge is 0.226 e. The maximum Gasteiger partial charge on any atom is 0.226 e. The number of nitrogens with one attached hydrogen (secondary N) is 1. The Labute approximate surface area is 128 Å². The van der Waals surface area contributed by atoms with Crippen LogP contribution in [0.4, 0.5) is 0 Å². The molecule has 1 heterocycles. The fourth-order valence-electron chi connectivity index (χ4n) is 2.37. The van der Waals surface area contributed by atoms with Gasteiger partial charge in [0.1, 0.15) is 6.07 Å². The number of H-pyrrole nitrogens is 1. The van der Waals surface area contributed by atoms with Crippen molar-refractivity contribution in [3.05, 3.63) is 46.6 Å². The zero-order valence-corrected chi connectivity index (χ0v) is 12.4. The number of halogens is 1. The van der Waals surface area contributed by atoms with E-state index in [0.29, 0.717) is 22.7 Å². The van der Waals surface area contributed by atoms with Crippen LogP contribution < -0.4 is 5.73 Å². The summed E-state index contributed by atoms with van der Waals surface area (Å²) >= 11 is 5.98. The fourth-order valence-corrected chi connectivity index (χ4v) is 2.56. The van der Waals surface area contributed by atoms with E-state index in [4.69, 9.17) is 17.3 Å². The van der Waals surface area contributed by atoms with Crippen molar-refractivity contribution < 1.29 is 4.79 Å². The number of aromatic nitrogens is 1. The van der Waals surface area contributed by atoms with Crippen molar-refractivity contribution in [3.63, 3.8) is 0 Å². The number of carbonyl (C=O) groups is 1. The van der Waals surface area contributed by atoms with Gasteiger partial charge in [-0.05, 0) is 30.2 Å². The Balaban J connectivity index is 2.49. The van der Waals surface area contributed by atoms with E-state index in [0.717, 1.165) is 17.7 Å². The van der Waals surface area contributed by atoms with E-state index >= 15 is 0 Å². The van der Waals surface area contributed by atoms with E-state index in [1.165, 1.54) is 0 Å². The summed E-state index contributed by atoms with van der Waals surface area (Å²) in [6.45, 7) is 1.98. The Kier molecular flexibility index (Phi) is 4.66. The minimum atomic E-state index is -0.474. The number of nitriles is 1. The number of aromatic amines is 1. The van der Waals surface area contributed by atoms with Crippen LogP contribution in [0.25, 0.3) is 11.3 Å². The molecule has 5 heteroatoms. The van der Waals surface area contributed by atoms with Crippen LogP contribution in [-0.4, -0.2) is 10.9 Å². The van der Waals surface area contributed by atoms with Gasteiger partial charge in [0.25, 0.3) is 0 Å². The average Bonchev–Trinajstić information content (AvgIpc) is 2.88. The lowest BCUT2D eigenvalue weighted by Crippen LogP contribution is -2.22. The zero-order chi connectivity index (χ0) is 15.4. The summed E-state index contributed by atoms with van der Waals surface area (Å²) in [5.41, 5.74) is 8.11. The van der Waals surface area contributed by atoms with Crippen molar-refractivity contribution in [2.45, 2.75) is 25.7 Å². The van der Waals surface area contributed by atoms with Crippen LogP contribution >= 0.6 is 11.6 Å². The summed E-state index contributed by atoms with van der Waals surface area (Å²) < 4.78 is 0. The predicted octanol–water partition coefficient (Wildman–Crippen LogP) is 3.58. The monoisotopic (exact) mass is 301 g/mol. The standard InChI is InChI=1S/C16H16ClN3O/c1-2-4-13(16(19)21)15-11(9-18)8-14(20-15)10-5-3-6-12(17)7-10/h3,5-8,13,20H,2,4H2,1H3,(H2,19,21). The van der Waals surface area contributed by atoms with Gasteiger partial charge in [-0.2, -0.15) is 5.26 Å². The third kappa shape index (κ3) is 3.26. The van der Waals surface area contributed by atoms with E-state index in [2.05, 4.69) is 11.1 Å². The number of nitrogens with two attached hydrogens (primary N) is 1. The van der Waals surface area contributed by atoms with Crippen LogP contribution in [0.2, 0.25) is 5.02 Å². The van der Waals surface area contributed by atoms with E-state index in [1.807, 2.05) is 19.1 Å². The highest BCUT2D eigenvalue weighted by Gasteiger charge is 2.23. The number of hydrogen-bond acceptors (Lipinski definition) is 2. The summed E-state index contributed by atoms with van der Waals surface area (Å²) in [6, 6.07) is 11.2. The SMILES string of the molecule is CCCC(C(N)=O)c1[nH]c(-c2cccc(Cl)c2)cc1C#N. The van der Waals surface area contributed by atoms with Gasteiger partial charge in [0.05, 0.1) is 11.5 Å². The first kappa shape index (κ1) is 15.1. The quantitative estimate of drug-likeness (QED) is 0.885. The lowest BCUT2D eigenvalue weighted by Gasteiger charge is -2.11. The summed E-state index contributed by atoms with van der Waals surface area (Å²) in [7, 11) is 0. The molecule has 0 aliphatic heterocycles. The summed E-state index contributed by atoms with van der Waals surface area (Å²) in [5.74, 6) is -0.898. The molecular weight excluding hydrogens is 286 g/mol. The van der Waals surface area contributed by atoms with Gasteiger partial charge in [0.15, 0.2) is 0 Å². The minimum Gasteiger partial charge on any atom is -0.369 e. The average molecular weight is 302 g/mol. The lowest BCUT2D eigenvalue weighted by atomic mass is 9.97. The molecule has 0 bridgehead atoms. The van der Waals surface area contributed by atoms with Gasteiger partial charge >= 0.3 is 0 Å². The highest BCUT2D eigenvalue weighted by molar-refractivity contribution is 6.30. The first-order chi connectivity index (χ1) is 10.1. The van der Waals surface area contributed by atoms with Crippen LogP contribution in [0, 0.1) is 11.3 Å². The van der Waals surface area contributed by atoms with Crippen molar-refractivity contribution in [1.82, 2.24) is 4.98 Å². The lowest BCUT2D eigenvalue weighted by molar-refractivity contribution is -0.119. The molecule has 1 unspecified atom stereocenters. The number of benzene rings is 1. The third-order valence-electron chi connectivity index (χ3n) is 3.37. The Morgan fingerprint density at radius 3 is 2.81 bits per heavy atom. The van der Waals surface area contributed by atoms with Gasteiger partial charge < -0.3 is 10.7 Å². The number of rotatable bonds is 5. The molecule has 0 saturated heterocycles. The van der Waals surface area contributed by atoms with Gasteiger partial charge in [0, 0.05) is 16.4 Å². The van der Waals surface area contributed by atoms with Gasteiger partial charge in [0.2, 0.25) is 5.91 Å². The molecule has 0 saturated carbocycles. The zero-order valence-electron chi connectivity index (χ0n) is 11.7. The van der Waals surface area contributed by atoms with Crippen LogP contribution in [0.1, 0.15) is 36.9 Å². The van der Waals surface area contributed by atoms with Gasteiger partial charge in [-0.1, -0.05) is 37.1 Å². The number of hydrogen-bond donors (Lipinski definition) is 2. The van der Waals surface area contributed by atoms with Crippen LogP contribution in [-0.2, 0) is 4.79 Å². The maximum absolute atomic E-state index is 11.6. The number of primary amides is 1. The number of amides is 1. The van der Waals surface area contributed by atoms with Crippen molar-refractivity contribution in [2.75, 3.05) is 0 Å². The topological polar surface area (TPSA) is 82.7 Å². The number of nitrogens with zero attached hydrogens (tertiary/aromatic N) is 1. The first-order valence-corrected chi connectivity index (χ1v) is 7.12. The Morgan fingerprint density at radius 2 is 2.24 bits per heavy atom. The summed E-state index contributed by atoms with van der Waals surface area (Å²) in [6.07, 6.45) is 1.42. The number of carbonyl (C=O) groups excluding carboxylic acids is 1. The van der Waals surface area contributed by atoms with E-state index in [1.54, 1.807) is 18.2 Å². The second-order valence-electron chi connectivity index (χ2n) is 4.88. The largest absolute Gasteiger partial charge is 0.369 e. The van der Waals surface area contributed by atoms with Gasteiger partial charge in [-0.3, -0.25) is 4.79 Å². The normalized spacial score (nSPS) is 11.9. The molecule has 1 aromatic carbocycles. The van der Waals surface area contributed by atoms with Crippen molar-refractivity contribution >= 4 is 17.5 Å². The Bertz CT molecular complexity index is 700. The molecule has 0 spiro atoms. The molecule has 0 aliphatic rings. The molecule has 2 aromatic rings. The second kappa shape index (κ2) is 6.47. The summed E-state index contributed by atoms with van der Waals surface area (Å²) in [4.78, 5) is 14.8. The maximum atomic E-state index is 11.6. The molecular formula is C16H16ClN3O. The first-order valence-electron chi connectivity index (χ1n) is 6.75. The molecule has 4 nitrogen and oxygen atoms in total. The highest BCUT2D eigenvalue weighted by atomic mass is 35.5.